The molecular formula is C22H29N6O6P. The lowest BCUT2D eigenvalue weighted by Gasteiger charge is -2.41. The van der Waals surface area contributed by atoms with E-state index in [2.05, 4.69) is 20.0 Å². The number of nitrogen functional groups attached to an aromatic ring is 1. The molecule has 0 aliphatic carbocycles. The molecule has 0 amide bonds. The SMILES string of the molecule is CC(C)OC(=O)C1(N[P@@](=O)(CO[C@H](C)Cn2cnc3c(N)ncnc32)Oc2ccccc2)COC1. The van der Waals surface area contributed by atoms with Gasteiger partial charge in [-0.3, -0.25) is 4.57 Å². The number of benzene rings is 1. The van der Waals surface area contributed by atoms with E-state index in [-0.39, 0.29) is 31.5 Å². The number of para-hydroxylation sites is 1. The molecule has 12 nitrogen and oxygen atoms in total. The number of rotatable bonds is 11. The lowest BCUT2D eigenvalue weighted by atomic mass is 10.00. The van der Waals surface area contributed by atoms with Crippen LogP contribution in [0, 0.1) is 0 Å². The summed E-state index contributed by atoms with van der Waals surface area (Å²) >= 11 is 0. The Hall–Kier alpha value is -3.05. The Balaban J connectivity index is 1.49. The molecule has 1 aliphatic rings. The van der Waals surface area contributed by atoms with E-state index >= 15 is 0 Å². The zero-order chi connectivity index (χ0) is 25.1. The fourth-order valence-corrected chi connectivity index (χ4v) is 5.46. The number of esters is 1. The van der Waals surface area contributed by atoms with Crippen LogP contribution in [0.4, 0.5) is 5.82 Å². The van der Waals surface area contributed by atoms with Crippen molar-refractivity contribution in [3.05, 3.63) is 43.0 Å². The molecule has 0 saturated carbocycles. The first-order chi connectivity index (χ1) is 16.7. The first-order valence-corrected chi connectivity index (χ1v) is 13.0. The highest BCUT2D eigenvalue weighted by Gasteiger charge is 2.52. The summed E-state index contributed by atoms with van der Waals surface area (Å²) in [6.45, 7) is 5.69. The molecule has 1 saturated heterocycles. The van der Waals surface area contributed by atoms with Gasteiger partial charge in [-0.25, -0.2) is 24.8 Å². The largest absolute Gasteiger partial charge is 0.461 e. The van der Waals surface area contributed by atoms with Crippen molar-refractivity contribution < 1.29 is 28.1 Å². The number of imidazole rings is 1. The molecule has 2 aromatic heterocycles. The third kappa shape index (κ3) is 5.79. The summed E-state index contributed by atoms with van der Waals surface area (Å²) in [5, 5.41) is 2.90. The molecule has 3 N–H and O–H groups in total. The van der Waals surface area contributed by atoms with Crippen molar-refractivity contribution in [2.24, 2.45) is 0 Å². The number of carbonyl (C=O) groups excluding carboxylic acids is 1. The summed E-state index contributed by atoms with van der Waals surface area (Å²) in [5.74, 6) is 0.111. The molecule has 188 valence electrons. The van der Waals surface area contributed by atoms with Gasteiger partial charge >= 0.3 is 13.5 Å². The van der Waals surface area contributed by atoms with E-state index in [4.69, 9.17) is 24.5 Å². The van der Waals surface area contributed by atoms with Crippen LogP contribution in [0.25, 0.3) is 11.2 Å². The lowest BCUT2D eigenvalue weighted by molar-refractivity contribution is -0.174. The number of ether oxygens (including phenoxy) is 3. The highest BCUT2D eigenvalue weighted by Crippen LogP contribution is 2.47. The fraction of sp³-hybridized carbons (Fsp3) is 0.455. The predicted molar refractivity (Wildman–Crippen MR) is 128 cm³/mol. The van der Waals surface area contributed by atoms with Gasteiger partial charge in [-0.05, 0) is 32.9 Å². The van der Waals surface area contributed by atoms with E-state index in [0.29, 0.717) is 23.5 Å². The van der Waals surface area contributed by atoms with Gasteiger partial charge in [-0.2, -0.15) is 0 Å². The number of hydrogen-bond acceptors (Lipinski definition) is 10. The summed E-state index contributed by atoms with van der Waals surface area (Å²) in [5.41, 5.74) is 5.63. The van der Waals surface area contributed by atoms with Gasteiger partial charge in [-0.1, -0.05) is 18.2 Å². The average Bonchev–Trinajstić information content (AvgIpc) is 3.19. The number of fused-ring (bicyclic) bond motifs is 1. The second-order valence-corrected chi connectivity index (χ2v) is 10.7. The second-order valence-electron chi connectivity index (χ2n) is 8.65. The van der Waals surface area contributed by atoms with Crippen LogP contribution in [0.15, 0.2) is 43.0 Å². The van der Waals surface area contributed by atoms with Crippen LogP contribution in [0.5, 0.6) is 5.75 Å². The lowest BCUT2D eigenvalue weighted by Crippen LogP contribution is -2.65. The summed E-state index contributed by atoms with van der Waals surface area (Å²) in [7, 11) is -3.75. The minimum atomic E-state index is -3.75. The Kier molecular flexibility index (Phi) is 7.36. The van der Waals surface area contributed by atoms with Gasteiger partial charge in [-0.15, -0.1) is 0 Å². The van der Waals surface area contributed by atoms with E-state index in [0.717, 1.165) is 0 Å². The zero-order valence-corrected chi connectivity index (χ0v) is 20.7. The van der Waals surface area contributed by atoms with E-state index in [1.807, 2.05) is 13.0 Å². The Morgan fingerprint density at radius 2 is 1.97 bits per heavy atom. The maximum atomic E-state index is 14.0. The maximum absolute atomic E-state index is 14.0. The smallest absolute Gasteiger partial charge is 0.343 e. The number of hydrogen-bond donors (Lipinski definition) is 2. The molecule has 0 spiro atoms. The Morgan fingerprint density at radius 3 is 2.63 bits per heavy atom. The molecule has 13 heteroatoms. The molecule has 0 bridgehead atoms. The van der Waals surface area contributed by atoms with Crippen molar-refractivity contribution in [1.29, 1.82) is 0 Å². The van der Waals surface area contributed by atoms with Crippen molar-refractivity contribution in [2.75, 3.05) is 25.3 Å². The molecule has 35 heavy (non-hydrogen) atoms. The molecule has 1 aromatic carbocycles. The minimum absolute atomic E-state index is 0.0123. The van der Waals surface area contributed by atoms with Crippen molar-refractivity contribution in [3.63, 3.8) is 0 Å². The molecule has 2 atom stereocenters. The molecular weight excluding hydrogens is 475 g/mol. The molecule has 0 radical (unpaired) electrons. The highest BCUT2D eigenvalue weighted by molar-refractivity contribution is 7.57. The molecule has 3 aromatic rings. The predicted octanol–water partition coefficient (Wildman–Crippen LogP) is 2.35. The molecule has 0 unspecified atom stereocenters. The van der Waals surface area contributed by atoms with Gasteiger partial charge in [0.1, 0.15) is 23.9 Å². The maximum Gasteiger partial charge on any atom is 0.343 e. The quantitative estimate of drug-likeness (QED) is 0.292. The third-order valence-corrected chi connectivity index (χ3v) is 6.99. The number of carbonyl (C=O) groups is 1. The van der Waals surface area contributed by atoms with Crippen LogP contribution in [0.1, 0.15) is 20.8 Å². The van der Waals surface area contributed by atoms with Crippen molar-refractivity contribution >= 4 is 30.5 Å². The molecule has 1 fully saturated rings. The number of nitrogens with two attached hydrogens (primary N) is 1. The number of nitrogens with zero attached hydrogens (tertiary/aromatic N) is 4. The number of nitrogens with one attached hydrogen (secondary N) is 1. The number of aromatic nitrogens is 4. The standard InChI is InChI=1S/C22H29N6O6P/c1-15(2)33-21(29)22(10-31-11-22)27-35(30,34-17-7-5-4-6-8-17)14-32-16(3)9-28-13-26-18-19(23)24-12-25-20(18)28/h4-8,12-13,15-16H,9-11,14H2,1-3H3,(H,27,30)(H2,23,24,25)/t16-,35-/m1/s1. The van der Waals surface area contributed by atoms with Gasteiger partial charge < -0.3 is 29.0 Å². The van der Waals surface area contributed by atoms with E-state index in [1.165, 1.54) is 6.33 Å². The van der Waals surface area contributed by atoms with Gasteiger partial charge in [0.05, 0.1) is 38.3 Å². The summed E-state index contributed by atoms with van der Waals surface area (Å²) < 4.78 is 38.2. The van der Waals surface area contributed by atoms with E-state index < -0.39 is 25.1 Å². The average molecular weight is 504 g/mol. The van der Waals surface area contributed by atoms with Crippen LogP contribution < -0.4 is 15.3 Å². The Bertz CT molecular complexity index is 1220. The van der Waals surface area contributed by atoms with Crippen LogP contribution >= 0.6 is 7.52 Å². The van der Waals surface area contributed by atoms with Crippen LogP contribution in [-0.4, -0.2) is 62.8 Å². The van der Waals surface area contributed by atoms with Crippen LogP contribution in [-0.2, 0) is 30.1 Å². The van der Waals surface area contributed by atoms with Gasteiger partial charge in [0.15, 0.2) is 17.0 Å². The summed E-state index contributed by atoms with van der Waals surface area (Å²) in [4.78, 5) is 25.2. The first kappa shape index (κ1) is 25.1. The van der Waals surface area contributed by atoms with Crippen molar-refractivity contribution in [2.45, 2.75) is 45.1 Å². The van der Waals surface area contributed by atoms with E-state index in [9.17, 15) is 9.36 Å². The summed E-state index contributed by atoms with van der Waals surface area (Å²) in [6.07, 6.45) is 1.91. The highest BCUT2D eigenvalue weighted by atomic mass is 31.2. The molecule has 1 aliphatic heterocycles. The topological polar surface area (TPSA) is 153 Å². The first-order valence-electron chi connectivity index (χ1n) is 11.1. The zero-order valence-electron chi connectivity index (χ0n) is 19.8. The van der Waals surface area contributed by atoms with Crippen molar-refractivity contribution in [3.8, 4) is 5.75 Å². The van der Waals surface area contributed by atoms with Gasteiger partial charge in [0.2, 0.25) is 0 Å². The Labute approximate surface area is 202 Å². The third-order valence-electron chi connectivity index (χ3n) is 5.22. The monoisotopic (exact) mass is 504 g/mol. The second kappa shape index (κ2) is 10.3. The van der Waals surface area contributed by atoms with Crippen LogP contribution in [0.2, 0.25) is 0 Å². The molecule has 4 rings (SSSR count). The number of anilines is 1. The van der Waals surface area contributed by atoms with Crippen molar-refractivity contribution in [1.82, 2.24) is 24.6 Å². The molecule has 3 heterocycles. The van der Waals surface area contributed by atoms with Gasteiger partial charge in [0, 0.05) is 0 Å². The normalized spacial score (nSPS) is 17.5. The van der Waals surface area contributed by atoms with E-state index in [1.54, 1.807) is 49.0 Å². The minimum Gasteiger partial charge on any atom is -0.461 e. The van der Waals surface area contributed by atoms with Crippen LogP contribution in [0.3, 0.4) is 0 Å². The Morgan fingerprint density at radius 1 is 1.23 bits per heavy atom. The fourth-order valence-electron chi connectivity index (χ4n) is 3.51. The summed E-state index contributed by atoms with van der Waals surface area (Å²) in [6, 6.07) is 8.69. The van der Waals surface area contributed by atoms with Gasteiger partial charge in [0.25, 0.3) is 0 Å².